The molecule has 2 heteroatoms. The van der Waals surface area contributed by atoms with Crippen LogP contribution in [0.3, 0.4) is 0 Å². The van der Waals surface area contributed by atoms with Crippen molar-refractivity contribution < 1.29 is 9.84 Å². The van der Waals surface area contributed by atoms with Crippen molar-refractivity contribution >= 4 is 0 Å². The normalized spacial score (nSPS) is 29.7. The van der Waals surface area contributed by atoms with Crippen LogP contribution in [0.5, 0.6) is 0 Å². The molecule has 1 saturated carbocycles. The zero-order chi connectivity index (χ0) is 15.9. The van der Waals surface area contributed by atoms with Gasteiger partial charge in [0.1, 0.15) is 5.60 Å². The number of unbranched alkanes of at least 4 members (excludes halogenated alkanes) is 5. The Hall–Kier alpha value is -0.520. The summed E-state index contributed by atoms with van der Waals surface area (Å²) in [7, 11) is 0. The molecule has 2 rings (SSSR count). The predicted octanol–water partition coefficient (Wildman–Crippen LogP) is 4.98. The fourth-order valence-electron chi connectivity index (χ4n) is 3.86. The maximum Gasteiger partial charge on any atom is 0.156 e. The van der Waals surface area contributed by atoms with Gasteiger partial charge in [0, 0.05) is 6.42 Å². The number of hydrogen-bond acceptors (Lipinski definition) is 2. The zero-order valence-corrected chi connectivity index (χ0v) is 14.6. The summed E-state index contributed by atoms with van der Waals surface area (Å²) in [6.07, 6.45) is 14.7. The number of aliphatic hydroxyl groups is 1. The summed E-state index contributed by atoms with van der Waals surface area (Å²) < 4.78 is 6.07. The average molecular weight is 306 g/mol. The molecule has 0 bridgehead atoms. The van der Waals surface area contributed by atoms with E-state index in [0.29, 0.717) is 0 Å². The summed E-state index contributed by atoms with van der Waals surface area (Å²) in [4.78, 5) is 0. The second-order valence-corrected chi connectivity index (χ2v) is 7.17. The fraction of sp³-hybridized carbons (Fsp3) is 0.900. The minimum Gasteiger partial charge on any atom is -0.374 e. The van der Waals surface area contributed by atoms with Crippen LogP contribution in [0, 0.1) is 11.8 Å². The van der Waals surface area contributed by atoms with Crippen molar-refractivity contribution in [3.63, 3.8) is 0 Å². The fourth-order valence-corrected chi connectivity index (χ4v) is 3.86. The molecule has 0 aromatic rings. The number of rotatable bonds is 8. The Kier molecular flexibility index (Phi) is 6.78. The second-order valence-electron chi connectivity index (χ2n) is 7.17. The van der Waals surface area contributed by atoms with Gasteiger partial charge < -0.3 is 9.84 Å². The lowest BCUT2D eigenvalue weighted by atomic mass is 9.78. The molecule has 1 N–H and O–H groups in total. The molecular formula is C20H34O2. The highest BCUT2D eigenvalue weighted by Crippen LogP contribution is 2.54. The standard InChI is InChI=1S/C20H34O2/c1-3-5-7-11-15-19(21,16-12-8-6-4-2)20-17-13-9-10-14-18(20)22-20/h18,21H,3-11,13-15,17H2,1-2H3/t18-,19-,20+/m0/s1. The lowest BCUT2D eigenvalue weighted by Crippen LogP contribution is -2.46. The monoisotopic (exact) mass is 306 g/mol. The Bertz CT molecular complexity index is 394. The predicted molar refractivity (Wildman–Crippen MR) is 91.7 cm³/mol. The van der Waals surface area contributed by atoms with Crippen LogP contribution in [0.25, 0.3) is 0 Å². The number of ether oxygens (including phenoxy) is 1. The molecule has 1 aliphatic heterocycles. The van der Waals surface area contributed by atoms with Crippen molar-refractivity contribution in [2.45, 2.75) is 115 Å². The Morgan fingerprint density at radius 3 is 2.68 bits per heavy atom. The van der Waals surface area contributed by atoms with E-state index in [1.807, 2.05) is 0 Å². The smallest absolute Gasteiger partial charge is 0.156 e. The average Bonchev–Trinajstić information content (AvgIpc) is 3.24. The van der Waals surface area contributed by atoms with Crippen LogP contribution in [0.4, 0.5) is 0 Å². The Morgan fingerprint density at radius 2 is 1.91 bits per heavy atom. The summed E-state index contributed by atoms with van der Waals surface area (Å²) in [6.45, 7) is 4.41. The Balaban J connectivity index is 2.04. The highest BCUT2D eigenvalue weighted by molar-refractivity contribution is 5.29. The number of hydrogen-bond donors (Lipinski definition) is 1. The van der Waals surface area contributed by atoms with Gasteiger partial charge in [-0.15, -0.1) is 5.92 Å². The quantitative estimate of drug-likeness (QED) is 0.389. The van der Waals surface area contributed by atoms with Gasteiger partial charge in [-0.2, -0.15) is 0 Å². The van der Waals surface area contributed by atoms with Crippen LogP contribution in [0.15, 0.2) is 0 Å². The first-order valence-corrected chi connectivity index (χ1v) is 9.59. The molecule has 2 nitrogen and oxygen atoms in total. The molecule has 0 amide bonds. The lowest BCUT2D eigenvalue weighted by molar-refractivity contribution is -0.00149. The van der Waals surface area contributed by atoms with Crippen LogP contribution in [0.2, 0.25) is 0 Å². The van der Waals surface area contributed by atoms with E-state index in [-0.39, 0.29) is 11.7 Å². The van der Waals surface area contributed by atoms with Gasteiger partial charge in [0.05, 0.1) is 6.10 Å². The van der Waals surface area contributed by atoms with Gasteiger partial charge in [-0.1, -0.05) is 64.7 Å². The third kappa shape index (κ3) is 4.06. The first-order valence-electron chi connectivity index (χ1n) is 9.59. The van der Waals surface area contributed by atoms with E-state index in [1.165, 1.54) is 38.5 Å². The van der Waals surface area contributed by atoms with Crippen LogP contribution >= 0.6 is 0 Å². The minimum absolute atomic E-state index is 0.256. The maximum absolute atomic E-state index is 11.4. The molecule has 0 aromatic carbocycles. The van der Waals surface area contributed by atoms with Crippen LogP contribution < -0.4 is 0 Å². The van der Waals surface area contributed by atoms with Crippen LogP contribution in [-0.2, 0) is 4.74 Å². The summed E-state index contributed by atoms with van der Waals surface area (Å²) in [6, 6.07) is 0. The Morgan fingerprint density at radius 1 is 1.09 bits per heavy atom. The minimum atomic E-state index is -0.913. The summed E-state index contributed by atoms with van der Waals surface area (Å²) in [5.74, 6) is 6.53. The number of epoxide rings is 1. The molecule has 22 heavy (non-hydrogen) atoms. The van der Waals surface area contributed by atoms with Crippen molar-refractivity contribution in [1.29, 1.82) is 0 Å². The molecule has 0 aromatic heterocycles. The summed E-state index contributed by atoms with van der Waals surface area (Å²) in [5.41, 5.74) is -1.25. The van der Waals surface area contributed by atoms with Crippen LogP contribution in [-0.4, -0.2) is 22.4 Å². The van der Waals surface area contributed by atoms with Crippen molar-refractivity contribution in [3.05, 3.63) is 0 Å². The molecule has 1 saturated heterocycles. The van der Waals surface area contributed by atoms with Crippen molar-refractivity contribution in [2.75, 3.05) is 0 Å². The van der Waals surface area contributed by atoms with Crippen molar-refractivity contribution in [2.24, 2.45) is 0 Å². The maximum atomic E-state index is 11.4. The van der Waals surface area contributed by atoms with Gasteiger partial charge in [-0.3, -0.25) is 0 Å². The first-order chi connectivity index (χ1) is 10.7. The highest BCUT2D eigenvalue weighted by atomic mass is 16.6. The molecular weight excluding hydrogens is 272 g/mol. The van der Waals surface area contributed by atoms with E-state index < -0.39 is 5.60 Å². The summed E-state index contributed by atoms with van der Waals surface area (Å²) >= 11 is 0. The van der Waals surface area contributed by atoms with E-state index in [9.17, 15) is 5.11 Å². The van der Waals surface area contributed by atoms with E-state index in [2.05, 4.69) is 25.7 Å². The molecule has 2 fully saturated rings. The lowest BCUT2D eigenvalue weighted by Gasteiger charge is -2.30. The van der Waals surface area contributed by atoms with Gasteiger partial charge in [-0.05, 0) is 32.1 Å². The van der Waals surface area contributed by atoms with Gasteiger partial charge >= 0.3 is 0 Å². The highest BCUT2D eigenvalue weighted by Gasteiger charge is 2.67. The number of fused-ring (bicyclic) bond motifs is 1. The third-order valence-corrected chi connectivity index (χ3v) is 5.37. The van der Waals surface area contributed by atoms with Crippen LogP contribution in [0.1, 0.15) is 97.3 Å². The molecule has 3 atom stereocenters. The Labute approximate surface area is 137 Å². The van der Waals surface area contributed by atoms with E-state index in [1.54, 1.807) is 0 Å². The van der Waals surface area contributed by atoms with Crippen molar-refractivity contribution in [1.82, 2.24) is 0 Å². The summed E-state index contributed by atoms with van der Waals surface area (Å²) in [5, 5.41) is 11.4. The second kappa shape index (κ2) is 8.37. The molecule has 0 spiro atoms. The van der Waals surface area contributed by atoms with Gasteiger partial charge in [-0.25, -0.2) is 0 Å². The molecule has 1 heterocycles. The molecule has 1 aliphatic carbocycles. The van der Waals surface area contributed by atoms with Crippen molar-refractivity contribution in [3.8, 4) is 11.8 Å². The third-order valence-electron chi connectivity index (χ3n) is 5.37. The first kappa shape index (κ1) is 17.8. The van der Waals surface area contributed by atoms with Gasteiger partial charge in [0.2, 0.25) is 0 Å². The molecule has 2 aliphatic rings. The largest absolute Gasteiger partial charge is 0.374 e. The molecule has 0 unspecified atom stereocenters. The van der Waals surface area contributed by atoms with Gasteiger partial charge in [0.25, 0.3) is 0 Å². The van der Waals surface area contributed by atoms with Gasteiger partial charge in [0.15, 0.2) is 5.60 Å². The molecule has 126 valence electrons. The zero-order valence-electron chi connectivity index (χ0n) is 14.6. The van der Waals surface area contributed by atoms with E-state index in [4.69, 9.17) is 4.74 Å². The molecule has 0 radical (unpaired) electrons. The van der Waals surface area contributed by atoms with E-state index >= 15 is 0 Å². The topological polar surface area (TPSA) is 32.8 Å². The SMILES string of the molecule is CCCCC#C[C@@](O)(CCCCCC)[C@@]12CCCCC[C@@H]1O2. The van der Waals surface area contributed by atoms with E-state index in [0.717, 1.165) is 44.9 Å².